The molecule has 2 aliphatic rings. The van der Waals surface area contributed by atoms with Crippen LogP contribution in [0.25, 0.3) is 0 Å². The van der Waals surface area contributed by atoms with E-state index in [0.29, 0.717) is 24.3 Å². The molecule has 0 unspecified atom stereocenters. The lowest BCUT2D eigenvalue weighted by atomic mass is 9.99. The van der Waals surface area contributed by atoms with Gasteiger partial charge in [0.05, 0.1) is 0 Å². The van der Waals surface area contributed by atoms with Crippen LogP contribution in [0.15, 0.2) is 28.7 Å². The second-order valence-electron chi connectivity index (χ2n) is 6.44. The predicted molar refractivity (Wildman–Crippen MR) is 87.6 cm³/mol. The van der Waals surface area contributed by atoms with Gasteiger partial charge in [0.1, 0.15) is 0 Å². The predicted octanol–water partition coefficient (Wildman–Crippen LogP) is 3.46. The van der Waals surface area contributed by atoms with Crippen LogP contribution in [0.2, 0.25) is 0 Å². The van der Waals surface area contributed by atoms with Crippen molar-refractivity contribution in [3.05, 3.63) is 34.3 Å². The van der Waals surface area contributed by atoms with Crippen molar-refractivity contribution in [2.45, 2.75) is 57.2 Å². The van der Waals surface area contributed by atoms with E-state index in [9.17, 15) is 4.79 Å². The Balaban J connectivity index is 1.65. The van der Waals surface area contributed by atoms with Gasteiger partial charge in [-0.2, -0.15) is 0 Å². The SMILES string of the molecule is N[C@@H]1CCC[C@H]1CC(=O)N(Cc1cccc(Br)c1)C1CC1. The van der Waals surface area contributed by atoms with Crippen LogP contribution in [0, 0.1) is 5.92 Å². The summed E-state index contributed by atoms with van der Waals surface area (Å²) in [5.74, 6) is 0.682. The summed E-state index contributed by atoms with van der Waals surface area (Å²) in [6.07, 6.45) is 6.29. The number of halogens is 1. The van der Waals surface area contributed by atoms with Gasteiger partial charge >= 0.3 is 0 Å². The first kappa shape index (κ1) is 15.0. The average Bonchev–Trinajstić information content (AvgIpc) is 3.21. The summed E-state index contributed by atoms with van der Waals surface area (Å²) in [6.45, 7) is 0.727. The number of hydrogen-bond acceptors (Lipinski definition) is 2. The molecule has 0 bridgehead atoms. The lowest BCUT2D eigenvalue weighted by Crippen LogP contribution is -2.36. The van der Waals surface area contributed by atoms with Crippen LogP contribution in [0.1, 0.15) is 44.1 Å². The van der Waals surface area contributed by atoms with Gasteiger partial charge in [0.25, 0.3) is 0 Å². The number of nitrogens with zero attached hydrogens (tertiary/aromatic N) is 1. The zero-order chi connectivity index (χ0) is 14.8. The summed E-state index contributed by atoms with van der Waals surface area (Å²) in [5.41, 5.74) is 7.31. The highest BCUT2D eigenvalue weighted by molar-refractivity contribution is 9.10. The third kappa shape index (κ3) is 3.86. The molecular formula is C17H23BrN2O. The molecule has 0 spiro atoms. The Kier molecular flexibility index (Phi) is 4.65. The van der Waals surface area contributed by atoms with E-state index in [1.165, 1.54) is 12.0 Å². The standard InChI is InChI=1S/C17H23BrN2O/c18-14-5-1-3-12(9-14)11-20(15-7-8-15)17(21)10-13-4-2-6-16(13)19/h1,3,5,9,13,15-16H,2,4,6-8,10-11,19H2/t13-,16+/m0/s1. The number of hydrogen-bond donors (Lipinski definition) is 1. The highest BCUT2D eigenvalue weighted by atomic mass is 79.9. The Morgan fingerprint density at radius 3 is 2.71 bits per heavy atom. The van der Waals surface area contributed by atoms with Crippen molar-refractivity contribution < 1.29 is 4.79 Å². The largest absolute Gasteiger partial charge is 0.335 e. The Hall–Kier alpha value is -0.870. The van der Waals surface area contributed by atoms with E-state index in [-0.39, 0.29) is 6.04 Å². The maximum atomic E-state index is 12.7. The van der Waals surface area contributed by atoms with Gasteiger partial charge in [-0.15, -0.1) is 0 Å². The van der Waals surface area contributed by atoms with Gasteiger partial charge in [0.15, 0.2) is 0 Å². The van der Waals surface area contributed by atoms with E-state index in [1.807, 2.05) is 12.1 Å². The normalized spacial score (nSPS) is 25.0. The molecule has 3 rings (SSSR count). The first-order chi connectivity index (χ1) is 10.1. The summed E-state index contributed by atoms with van der Waals surface area (Å²) in [5, 5.41) is 0. The van der Waals surface area contributed by atoms with Crippen LogP contribution in [-0.2, 0) is 11.3 Å². The number of carbonyl (C=O) groups excluding carboxylic acids is 1. The highest BCUT2D eigenvalue weighted by Crippen LogP contribution is 2.32. The summed E-state index contributed by atoms with van der Waals surface area (Å²) in [7, 11) is 0. The molecule has 0 aromatic heterocycles. The average molecular weight is 351 g/mol. The number of benzene rings is 1. The maximum Gasteiger partial charge on any atom is 0.223 e. The van der Waals surface area contributed by atoms with Crippen LogP contribution >= 0.6 is 15.9 Å². The third-order valence-electron chi connectivity index (χ3n) is 4.70. The van der Waals surface area contributed by atoms with Gasteiger partial charge in [-0.05, 0) is 49.3 Å². The zero-order valence-corrected chi connectivity index (χ0v) is 13.9. The van der Waals surface area contributed by atoms with E-state index >= 15 is 0 Å². The lowest BCUT2D eigenvalue weighted by molar-refractivity contribution is -0.133. The van der Waals surface area contributed by atoms with Crippen LogP contribution in [-0.4, -0.2) is 22.9 Å². The van der Waals surface area contributed by atoms with Crippen LogP contribution in [0.4, 0.5) is 0 Å². The number of amides is 1. The molecule has 21 heavy (non-hydrogen) atoms. The van der Waals surface area contributed by atoms with Crippen LogP contribution < -0.4 is 5.73 Å². The number of carbonyl (C=O) groups is 1. The van der Waals surface area contributed by atoms with Crippen molar-refractivity contribution in [1.29, 1.82) is 0 Å². The minimum Gasteiger partial charge on any atom is -0.335 e. The molecule has 0 saturated heterocycles. The fourth-order valence-corrected chi connectivity index (χ4v) is 3.75. The Morgan fingerprint density at radius 2 is 2.10 bits per heavy atom. The fourth-order valence-electron chi connectivity index (χ4n) is 3.30. The minimum atomic E-state index is 0.223. The lowest BCUT2D eigenvalue weighted by Gasteiger charge is -2.25. The molecule has 114 valence electrons. The maximum absolute atomic E-state index is 12.7. The molecular weight excluding hydrogens is 328 g/mol. The molecule has 1 aromatic rings. The zero-order valence-electron chi connectivity index (χ0n) is 12.3. The van der Waals surface area contributed by atoms with E-state index in [0.717, 1.165) is 36.7 Å². The van der Waals surface area contributed by atoms with Crippen molar-refractivity contribution in [2.24, 2.45) is 11.7 Å². The molecule has 0 heterocycles. The summed E-state index contributed by atoms with van der Waals surface area (Å²) in [6, 6.07) is 8.92. The van der Waals surface area contributed by atoms with Crippen molar-refractivity contribution in [2.75, 3.05) is 0 Å². The summed E-state index contributed by atoms with van der Waals surface area (Å²) < 4.78 is 1.07. The summed E-state index contributed by atoms with van der Waals surface area (Å²) >= 11 is 3.50. The smallest absolute Gasteiger partial charge is 0.223 e. The molecule has 2 saturated carbocycles. The van der Waals surface area contributed by atoms with Crippen LogP contribution in [0.3, 0.4) is 0 Å². The second-order valence-corrected chi connectivity index (χ2v) is 7.36. The molecule has 2 atom stereocenters. The first-order valence-electron chi connectivity index (χ1n) is 7.93. The van der Waals surface area contributed by atoms with Gasteiger partial charge in [-0.25, -0.2) is 0 Å². The molecule has 3 nitrogen and oxygen atoms in total. The molecule has 1 aromatic carbocycles. The Bertz CT molecular complexity index is 515. The van der Waals surface area contributed by atoms with Gasteiger partial charge in [0, 0.05) is 29.5 Å². The molecule has 0 aliphatic heterocycles. The summed E-state index contributed by atoms with van der Waals surface area (Å²) in [4.78, 5) is 14.8. The Labute approximate surface area is 135 Å². The van der Waals surface area contributed by atoms with E-state index in [2.05, 4.69) is 33.0 Å². The fraction of sp³-hybridized carbons (Fsp3) is 0.588. The second kappa shape index (κ2) is 6.49. The van der Waals surface area contributed by atoms with Crippen LogP contribution in [0.5, 0.6) is 0 Å². The third-order valence-corrected chi connectivity index (χ3v) is 5.20. The highest BCUT2D eigenvalue weighted by Gasteiger charge is 2.35. The van der Waals surface area contributed by atoms with Gasteiger partial charge < -0.3 is 10.6 Å². The van der Waals surface area contributed by atoms with Gasteiger partial charge in [-0.3, -0.25) is 4.79 Å². The minimum absolute atomic E-state index is 0.223. The molecule has 2 aliphatic carbocycles. The van der Waals surface area contributed by atoms with Crippen molar-refractivity contribution in [3.63, 3.8) is 0 Å². The van der Waals surface area contributed by atoms with Crippen molar-refractivity contribution in [1.82, 2.24) is 4.90 Å². The topological polar surface area (TPSA) is 46.3 Å². The number of nitrogens with two attached hydrogens (primary N) is 1. The van der Waals surface area contributed by atoms with Gasteiger partial charge in [-0.1, -0.05) is 34.5 Å². The molecule has 2 fully saturated rings. The monoisotopic (exact) mass is 350 g/mol. The molecule has 4 heteroatoms. The van der Waals surface area contributed by atoms with E-state index in [1.54, 1.807) is 0 Å². The molecule has 2 N–H and O–H groups in total. The van der Waals surface area contributed by atoms with Gasteiger partial charge in [0.2, 0.25) is 5.91 Å². The molecule has 0 radical (unpaired) electrons. The van der Waals surface area contributed by atoms with Crippen molar-refractivity contribution >= 4 is 21.8 Å². The molecule has 1 amide bonds. The number of rotatable bonds is 5. The first-order valence-corrected chi connectivity index (χ1v) is 8.72. The Morgan fingerprint density at radius 1 is 1.29 bits per heavy atom. The quantitative estimate of drug-likeness (QED) is 0.883. The van der Waals surface area contributed by atoms with E-state index in [4.69, 9.17) is 5.73 Å². The van der Waals surface area contributed by atoms with E-state index < -0.39 is 0 Å². The van der Waals surface area contributed by atoms with Crippen molar-refractivity contribution in [3.8, 4) is 0 Å².